The summed E-state index contributed by atoms with van der Waals surface area (Å²) in [5.41, 5.74) is 1.34. The van der Waals surface area contributed by atoms with Crippen LogP contribution in [0, 0.1) is 11.8 Å². The molecule has 2 aliphatic carbocycles. The van der Waals surface area contributed by atoms with E-state index in [1.807, 2.05) is 0 Å². The zero-order chi connectivity index (χ0) is 15.1. The van der Waals surface area contributed by atoms with E-state index in [1.54, 1.807) is 36.4 Å². The van der Waals surface area contributed by atoms with Crippen LogP contribution in [0.2, 0.25) is 0 Å². The third-order valence-corrected chi connectivity index (χ3v) is 4.49. The average Bonchev–Trinajstić information content (AvgIpc) is 2.46. The number of fused-ring (bicyclic) bond motifs is 2. The number of nitrogens with one attached hydrogen (secondary N) is 1. The lowest BCUT2D eigenvalue weighted by Crippen LogP contribution is -2.43. The van der Waals surface area contributed by atoms with Crippen LogP contribution in [0.4, 0.5) is 0 Å². The molecule has 0 aliphatic heterocycles. The summed E-state index contributed by atoms with van der Waals surface area (Å²) in [6, 6.07) is 6.81. The van der Waals surface area contributed by atoms with Crippen molar-refractivity contribution >= 4 is 33.4 Å². The molecule has 1 aromatic carbocycles. The third-order valence-electron chi connectivity index (χ3n) is 3.73. The second kappa shape index (κ2) is 5.07. The fourth-order valence-corrected chi connectivity index (χ4v) is 3.46. The van der Waals surface area contributed by atoms with Gasteiger partial charge < -0.3 is 5.32 Å². The van der Waals surface area contributed by atoms with Crippen molar-refractivity contribution in [1.29, 1.82) is 0 Å². The van der Waals surface area contributed by atoms with E-state index >= 15 is 0 Å². The Kier molecular flexibility index (Phi) is 3.37. The first-order valence-corrected chi connectivity index (χ1v) is 7.32. The minimum Gasteiger partial charge on any atom is -0.329 e. The number of halogens is 1. The standard InChI is InChI=1S/C16H12BrNO3/c1-8(19)18-12-7-6-11(17)13-14(12)16(21)10-5-3-2-4-9(10)15(13)20/h2-7,13-14H,1H3,(H,18,19)/t13-,14-/m0/s1. The molecule has 0 spiro atoms. The highest BCUT2D eigenvalue weighted by Gasteiger charge is 2.45. The Hall–Kier alpha value is -2.01. The van der Waals surface area contributed by atoms with Gasteiger partial charge in [0.25, 0.3) is 0 Å². The van der Waals surface area contributed by atoms with Crippen LogP contribution in [0.15, 0.2) is 46.6 Å². The van der Waals surface area contributed by atoms with Gasteiger partial charge in [-0.25, -0.2) is 0 Å². The van der Waals surface area contributed by atoms with Crippen molar-refractivity contribution in [2.24, 2.45) is 11.8 Å². The van der Waals surface area contributed by atoms with Gasteiger partial charge in [-0.15, -0.1) is 0 Å². The molecular formula is C16H12BrNO3. The summed E-state index contributed by atoms with van der Waals surface area (Å²) in [6.07, 6.45) is 3.39. The van der Waals surface area contributed by atoms with E-state index in [1.165, 1.54) is 6.92 Å². The van der Waals surface area contributed by atoms with Gasteiger partial charge in [0.15, 0.2) is 11.6 Å². The number of hydrogen-bond donors (Lipinski definition) is 1. The highest BCUT2D eigenvalue weighted by molar-refractivity contribution is 9.11. The van der Waals surface area contributed by atoms with Gasteiger partial charge in [-0.05, 0) is 12.2 Å². The van der Waals surface area contributed by atoms with Gasteiger partial charge >= 0.3 is 0 Å². The fourth-order valence-electron chi connectivity index (χ4n) is 2.86. The number of amides is 1. The van der Waals surface area contributed by atoms with Crippen molar-refractivity contribution in [3.8, 4) is 0 Å². The molecular weight excluding hydrogens is 334 g/mol. The minimum absolute atomic E-state index is 0.103. The van der Waals surface area contributed by atoms with Crippen molar-refractivity contribution in [1.82, 2.24) is 5.32 Å². The summed E-state index contributed by atoms with van der Waals surface area (Å²) in [7, 11) is 0. The smallest absolute Gasteiger partial charge is 0.221 e. The first kappa shape index (κ1) is 13.9. The Morgan fingerprint density at radius 2 is 1.62 bits per heavy atom. The van der Waals surface area contributed by atoms with E-state index in [2.05, 4.69) is 21.2 Å². The van der Waals surface area contributed by atoms with Gasteiger partial charge in [0.05, 0.1) is 11.8 Å². The molecule has 21 heavy (non-hydrogen) atoms. The first-order valence-electron chi connectivity index (χ1n) is 6.53. The molecule has 1 aromatic rings. The summed E-state index contributed by atoms with van der Waals surface area (Å²) >= 11 is 3.37. The van der Waals surface area contributed by atoms with Crippen molar-refractivity contribution in [2.75, 3.05) is 0 Å². The molecule has 0 aromatic heterocycles. The lowest BCUT2D eigenvalue weighted by atomic mass is 9.71. The van der Waals surface area contributed by atoms with Gasteiger partial charge in [0.1, 0.15) is 0 Å². The number of carbonyl (C=O) groups is 3. The lowest BCUT2D eigenvalue weighted by Gasteiger charge is -2.34. The average molecular weight is 346 g/mol. The normalized spacial score (nSPS) is 23.7. The SMILES string of the molecule is CC(=O)NC1=CC=C(Br)[C@@H]2C(=O)c3ccccc3C(=O)[C@@H]12. The number of carbonyl (C=O) groups excluding carboxylic acids is 3. The van der Waals surface area contributed by atoms with Gasteiger partial charge in [-0.1, -0.05) is 40.2 Å². The second-order valence-electron chi connectivity index (χ2n) is 5.08. The van der Waals surface area contributed by atoms with E-state index in [0.29, 0.717) is 21.3 Å². The Balaban J connectivity index is 2.15. The topological polar surface area (TPSA) is 63.2 Å². The van der Waals surface area contributed by atoms with Crippen molar-refractivity contribution in [3.05, 3.63) is 57.7 Å². The quantitative estimate of drug-likeness (QED) is 0.850. The van der Waals surface area contributed by atoms with Crippen LogP contribution in [0.5, 0.6) is 0 Å². The van der Waals surface area contributed by atoms with E-state index < -0.39 is 11.8 Å². The van der Waals surface area contributed by atoms with Crippen molar-refractivity contribution in [3.63, 3.8) is 0 Å². The molecule has 1 N–H and O–H groups in total. The highest BCUT2D eigenvalue weighted by atomic mass is 79.9. The van der Waals surface area contributed by atoms with Crippen LogP contribution in [-0.2, 0) is 4.79 Å². The highest BCUT2D eigenvalue weighted by Crippen LogP contribution is 2.42. The number of rotatable bonds is 1. The van der Waals surface area contributed by atoms with Gasteiger partial charge in [-0.3, -0.25) is 14.4 Å². The minimum atomic E-state index is -0.671. The predicted molar refractivity (Wildman–Crippen MR) is 81.0 cm³/mol. The maximum atomic E-state index is 12.7. The second-order valence-corrected chi connectivity index (χ2v) is 6.00. The third kappa shape index (κ3) is 2.17. The molecule has 0 saturated carbocycles. The van der Waals surface area contributed by atoms with Crippen LogP contribution in [0.25, 0.3) is 0 Å². The summed E-state index contributed by atoms with van der Waals surface area (Å²) in [6.45, 7) is 1.38. The maximum absolute atomic E-state index is 12.7. The fraction of sp³-hybridized carbons (Fsp3) is 0.188. The summed E-state index contributed by atoms with van der Waals surface area (Å²) in [5.74, 6) is -1.77. The molecule has 0 radical (unpaired) electrons. The molecule has 0 unspecified atom stereocenters. The van der Waals surface area contributed by atoms with Crippen LogP contribution in [0.1, 0.15) is 27.6 Å². The van der Waals surface area contributed by atoms with Gasteiger partial charge in [0, 0.05) is 28.2 Å². The molecule has 3 rings (SSSR count). The molecule has 4 nitrogen and oxygen atoms in total. The number of benzene rings is 1. The molecule has 0 heterocycles. The summed E-state index contributed by atoms with van der Waals surface area (Å²) < 4.78 is 0.662. The Bertz CT molecular complexity index is 733. The first-order chi connectivity index (χ1) is 10.0. The lowest BCUT2D eigenvalue weighted by molar-refractivity contribution is -0.118. The maximum Gasteiger partial charge on any atom is 0.221 e. The number of hydrogen-bond acceptors (Lipinski definition) is 3. The number of Topliss-reactive ketones (excluding diaryl/α,β-unsaturated/α-hetero) is 2. The largest absolute Gasteiger partial charge is 0.329 e. The Labute approximate surface area is 130 Å². The summed E-state index contributed by atoms with van der Waals surface area (Å²) in [5, 5.41) is 2.67. The Morgan fingerprint density at radius 1 is 1.05 bits per heavy atom. The van der Waals surface area contributed by atoms with Crippen LogP contribution in [-0.4, -0.2) is 17.5 Å². The molecule has 1 amide bonds. The number of ketones is 2. The zero-order valence-corrected chi connectivity index (χ0v) is 12.8. The van der Waals surface area contributed by atoms with E-state index in [4.69, 9.17) is 0 Å². The monoisotopic (exact) mass is 345 g/mol. The van der Waals surface area contributed by atoms with Crippen LogP contribution < -0.4 is 5.32 Å². The number of allylic oxidation sites excluding steroid dienone is 4. The van der Waals surface area contributed by atoms with E-state index in [9.17, 15) is 14.4 Å². The van der Waals surface area contributed by atoms with E-state index in [0.717, 1.165) is 0 Å². The van der Waals surface area contributed by atoms with Crippen molar-refractivity contribution in [2.45, 2.75) is 6.92 Å². The Morgan fingerprint density at radius 3 is 2.19 bits per heavy atom. The molecule has 2 atom stereocenters. The van der Waals surface area contributed by atoms with Crippen molar-refractivity contribution < 1.29 is 14.4 Å². The predicted octanol–water partition coefficient (Wildman–Crippen LogP) is 2.61. The molecule has 0 bridgehead atoms. The molecule has 106 valence electrons. The van der Waals surface area contributed by atoms with Crippen LogP contribution in [0.3, 0.4) is 0 Å². The van der Waals surface area contributed by atoms with Gasteiger partial charge in [-0.2, -0.15) is 0 Å². The van der Waals surface area contributed by atoms with Gasteiger partial charge in [0.2, 0.25) is 5.91 Å². The van der Waals surface area contributed by atoms with Crippen LogP contribution >= 0.6 is 15.9 Å². The molecule has 0 fully saturated rings. The zero-order valence-electron chi connectivity index (χ0n) is 11.2. The molecule has 5 heteroatoms. The molecule has 2 aliphatic rings. The van der Waals surface area contributed by atoms with E-state index in [-0.39, 0.29) is 17.5 Å². The summed E-state index contributed by atoms with van der Waals surface area (Å²) in [4.78, 5) is 36.7. The molecule has 0 saturated heterocycles.